The summed E-state index contributed by atoms with van der Waals surface area (Å²) >= 11 is 0. The second-order valence-electron chi connectivity index (χ2n) is 3.53. The lowest BCUT2D eigenvalue weighted by molar-refractivity contribution is 0.102. The first-order chi connectivity index (χ1) is 7.59. The van der Waals surface area contributed by atoms with E-state index in [1.54, 1.807) is 14.0 Å². The zero-order chi connectivity index (χ0) is 11.7. The molecule has 82 valence electrons. The summed E-state index contributed by atoms with van der Waals surface area (Å²) < 4.78 is 14.3. The maximum atomic E-state index is 12.9. The Labute approximate surface area is 91.7 Å². The van der Waals surface area contributed by atoms with Gasteiger partial charge in [-0.3, -0.25) is 4.79 Å². The van der Waals surface area contributed by atoms with E-state index in [9.17, 15) is 9.18 Å². The van der Waals surface area contributed by atoms with Gasteiger partial charge in [-0.1, -0.05) is 5.21 Å². The SMILES string of the molecule is Cc1cc(F)ccc1C(=O)c1cnnn1C. The molecule has 0 aliphatic carbocycles. The van der Waals surface area contributed by atoms with Crippen LogP contribution in [0.25, 0.3) is 0 Å². The summed E-state index contributed by atoms with van der Waals surface area (Å²) in [6.45, 7) is 1.69. The lowest BCUT2D eigenvalue weighted by Crippen LogP contribution is -2.09. The van der Waals surface area contributed by atoms with E-state index in [-0.39, 0.29) is 11.6 Å². The molecule has 0 radical (unpaired) electrons. The summed E-state index contributed by atoms with van der Waals surface area (Å²) in [7, 11) is 1.64. The Kier molecular flexibility index (Phi) is 2.52. The summed E-state index contributed by atoms with van der Waals surface area (Å²) in [5, 5.41) is 7.32. The van der Waals surface area contributed by atoms with Crippen LogP contribution in [-0.2, 0) is 7.05 Å². The average Bonchev–Trinajstić information content (AvgIpc) is 2.63. The largest absolute Gasteiger partial charge is 0.287 e. The van der Waals surface area contributed by atoms with Gasteiger partial charge < -0.3 is 0 Å². The van der Waals surface area contributed by atoms with E-state index in [1.165, 1.54) is 29.1 Å². The van der Waals surface area contributed by atoms with E-state index in [4.69, 9.17) is 0 Å². The molecule has 0 atom stereocenters. The molecule has 5 heteroatoms. The van der Waals surface area contributed by atoms with E-state index in [1.807, 2.05) is 0 Å². The Morgan fingerprint density at radius 1 is 1.44 bits per heavy atom. The normalized spacial score (nSPS) is 10.4. The number of benzene rings is 1. The highest BCUT2D eigenvalue weighted by Gasteiger charge is 2.15. The molecule has 0 fully saturated rings. The fourth-order valence-corrected chi connectivity index (χ4v) is 1.52. The van der Waals surface area contributed by atoms with Gasteiger partial charge in [0.15, 0.2) is 0 Å². The Morgan fingerprint density at radius 2 is 2.19 bits per heavy atom. The van der Waals surface area contributed by atoms with Gasteiger partial charge in [0.1, 0.15) is 11.5 Å². The predicted molar refractivity (Wildman–Crippen MR) is 55.6 cm³/mol. The van der Waals surface area contributed by atoms with E-state index in [2.05, 4.69) is 10.3 Å². The van der Waals surface area contributed by atoms with Gasteiger partial charge in [0.25, 0.3) is 0 Å². The van der Waals surface area contributed by atoms with Crippen LogP contribution in [0.5, 0.6) is 0 Å². The van der Waals surface area contributed by atoms with Crippen molar-refractivity contribution in [3.8, 4) is 0 Å². The predicted octanol–water partition coefficient (Wildman–Crippen LogP) is 1.49. The number of aryl methyl sites for hydroxylation is 2. The fraction of sp³-hybridized carbons (Fsp3) is 0.182. The molecule has 1 aromatic carbocycles. The van der Waals surface area contributed by atoms with Crippen LogP contribution in [0, 0.1) is 12.7 Å². The second kappa shape index (κ2) is 3.84. The van der Waals surface area contributed by atoms with Crippen LogP contribution in [0.4, 0.5) is 4.39 Å². The summed E-state index contributed by atoms with van der Waals surface area (Å²) in [6, 6.07) is 4.07. The molecule has 0 spiro atoms. The van der Waals surface area contributed by atoms with E-state index in [0.29, 0.717) is 16.8 Å². The monoisotopic (exact) mass is 219 g/mol. The molecule has 1 aromatic heterocycles. The smallest absolute Gasteiger partial charge is 0.212 e. The van der Waals surface area contributed by atoms with Crippen molar-refractivity contribution in [1.29, 1.82) is 0 Å². The van der Waals surface area contributed by atoms with Crippen LogP contribution in [0.3, 0.4) is 0 Å². The van der Waals surface area contributed by atoms with E-state index < -0.39 is 0 Å². The molecule has 1 heterocycles. The van der Waals surface area contributed by atoms with Crippen molar-refractivity contribution in [3.63, 3.8) is 0 Å². The second-order valence-corrected chi connectivity index (χ2v) is 3.53. The highest BCUT2D eigenvalue weighted by atomic mass is 19.1. The zero-order valence-corrected chi connectivity index (χ0v) is 8.94. The van der Waals surface area contributed by atoms with Crippen LogP contribution in [0.2, 0.25) is 0 Å². The van der Waals surface area contributed by atoms with Crippen molar-refractivity contribution in [2.75, 3.05) is 0 Å². The minimum Gasteiger partial charge on any atom is -0.287 e. The van der Waals surface area contributed by atoms with Gasteiger partial charge in [-0.05, 0) is 30.7 Å². The summed E-state index contributed by atoms with van der Waals surface area (Å²) in [5.74, 6) is -0.554. The molecule has 0 saturated heterocycles. The van der Waals surface area contributed by atoms with Gasteiger partial charge >= 0.3 is 0 Å². The number of hydrogen-bond acceptors (Lipinski definition) is 3. The Balaban J connectivity index is 2.46. The number of rotatable bonds is 2. The molecule has 2 aromatic rings. The molecular weight excluding hydrogens is 209 g/mol. The molecule has 2 rings (SSSR count). The summed E-state index contributed by atoms with van der Waals surface area (Å²) in [5.41, 5.74) is 1.45. The Morgan fingerprint density at radius 3 is 2.75 bits per heavy atom. The zero-order valence-electron chi connectivity index (χ0n) is 8.94. The average molecular weight is 219 g/mol. The maximum absolute atomic E-state index is 12.9. The first kappa shape index (κ1) is 10.5. The highest BCUT2D eigenvalue weighted by Crippen LogP contribution is 2.14. The Bertz CT molecular complexity index is 548. The summed E-state index contributed by atoms with van der Waals surface area (Å²) in [6.07, 6.45) is 1.39. The van der Waals surface area contributed by atoms with Crippen molar-refractivity contribution in [2.45, 2.75) is 6.92 Å². The molecule has 0 N–H and O–H groups in total. The van der Waals surface area contributed by atoms with Crippen LogP contribution >= 0.6 is 0 Å². The minimum atomic E-state index is -0.350. The third kappa shape index (κ3) is 1.71. The number of aromatic nitrogens is 3. The van der Waals surface area contributed by atoms with E-state index in [0.717, 1.165) is 0 Å². The molecule has 4 nitrogen and oxygen atoms in total. The van der Waals surface area contributed by atoms with Gasteiger partial charge in [-0.2, -0.15) is 0 Å². The number of carbonyl (C=O) groups excluding carboxylic acids is 1. The first-order valence-corrected chi connectivity index (χ1v) is 4.75. The van der Waals surface area contributed by atoms with Gasteiger partial charge in [0.2, 0.25) is 5.78 Å². The van der Waals surface area contributed by atoms with Crippen LogP contribution in [0.1, 0.15) is 21.6 Å². The third-order valence-corrected chi connectivity index (χ3v) is 2.38. The maximum Gasteiger partial charge on any atom is 0.212 e. The highest BCUT2D eigenvalue weighted by molar-refractivity contribution is 6.08. The first-order valence-electron chi connectivity index (χ1n) is 4.75. The number of nitrogens with zero attached hydrogens (tertiary/aromatic N) is 3. The minimum absolute atomic E-state index is 0.204. The lowest BCUT2D eigenvalue weighted by atomic mass is 10.0. The molecule has 0 saturated carbocycles. The van der Waals surface area contributed by atoms with Gasteiger partial charge in [0, 0.05) is 12.6 Å². The molecule has 0 aliphatic rings. The number of hydrogen-bond donors (Lipinski definition) is 0. The molecule has 0 amide bonds. The van der Waals surface area contributed by atoms with Crippen molar-refractivity contribution in [1.82, 2.24) is 15.0 Å². The fourth-order valence-electron chi connectivity index (χ4n) is 1.52. The third-order valence-electron chi connectivity index (χ3n) is 2.38. The quantitative estimate of drug-likeness (QED) is 0.719. The number of halogens is 1. The number of ketones is 1. The summed E-state index contributed by atoms with van der Waals surface area (Å²) in [4.78, 5) is 12.0. The standard InChI is InChI=1S/C11H10FN3O/c1-7-5-8(12)3-4-9(7)11(16)10-6-13-14-15(10)2/h3-6H,1-2H3. The molecule has 0 aliphatic heterocycles. The Hall–Kier alpha value is -2.04. The molecule has 0 unspecified atom stereocenters. The lowest BCUT2D eigenvalue weighted by Gasteiger charge is -2.04. The molecular formula is C11H10FN3O. The van der Waals surface area contributed by atoms with Gasteiger partial charge in [-0.25, -0.2) is 9.07 Å². The molecule has 16 heavy (non-hydrogen) atoms. The van der Waals surface area contributed by atoms with Crippen LogP contribution in [0.15, 0.2) is 24.4 Å². The molecule has 0 bridgehead atoms. The van der Waals surface area contributed by atoms with Crippen molar-refractivity contribution in [3.05, 3.63) is 47.0 Å². The van der Waals surface area contributed by atoms with Gasteiger partial charge in [-0.15, -0.1) is 5.10 Å². The van der Waals surface area contributed by atoms with Crippen molar-refractivity contribution < 1.29 is 9.18 Å². The van der Waals surface area contributed by atoms with Crippen molar-refractivity contribution >= 4 is 5.78 Å². The van der Waals surface area contributed by atoms with Crippen LogP contribution in [-0.4, -0.2) is 20.8 Å². The van der Waals surface area contributed by atoms with E-state index >= 15 is 0 Å². The van der Waals surface area contributed by atoms with Gasteiger partial charge in [0.05, 0.1) is 6.20 Å². The van der Waals surface area contributed by atoms with Crippen molar-refractivity contribution in [2.24, 2.45) is 7.05 Å². The number of carbonyl (C=O) groups is 1. The topological polar surface area (TPSA) is 47.8 Å². The van der Waals surface area contributed by atoms with Crippen LogP contribution < -0.4 is 0 Å².